The van der Waals surface area contributed by atoms with Crippen LogP contribution in [0.4, 0.5) is 0 Å². The van der Waals surface area contributed by atoms with E-state index in [0.29, 0.717) is 6.42 Å². The fourth-order valence-corrected chi connectivity index (χ4v) is 2.48. The van der Waals surface area contributed by atoms with Crippen molar-refractivity contribution >= 4 is 5.91 Å². The first-order valence-electron chi connectivity index (χ1n) is 8.60. The summed E-state index contributed by atoms with van der Waals surface area (Å²) in [6, 6.07) is 8.26. The fraction of sp³-hybridized carbons (Fsp3) is 0.632. The van der Waals surface area contributed by atoms with Crippen molar-refractivity contribution in [2.24, 2.45) is 5.73 Å². The predicted molar refractivity (Wildman–Crippen MR) is 95.6 cm³/mol. The zero-order chi connectivity index (χ0) is 17.5. The third kappa shape index (κ3) is 7.04. The van der Waals surface area contributed by atoms with Crippen LogP contribution in [0.15, 0.2) is 24.3 Å². The molecule has 0 aromatic heterocycles. The number of amides is 1. The average molecular weight is 320 g/mol. The Morgan fingerprint density at radius 2 is 1.87 bits per heavy atom. The molecule has 23 heavy (non-hydrogen) atoms. The third-order valence-corrected chi connectivity index (χ3v) is 3.83. The molecule has 0 heterocycles. The van der Waals surface area contributed by atoms with E-state index in [1.807, 2.05) is 39.8 Å². The lowest BCUT2D eigenvalue weighted by atomic mass is 9.95. The first kappa shape index (κ1) is 19.5. The minimum Gasteiger partial charge on any atom is -0.491 e. The van der Waals surface area contributed by atoms with Crippen molar-refractivity contribution in [3.05, 3.63) is 29.8 Å². The van der Waals surface area contributed by atoms with E-state index in [1.165, 1.54) is 5.56 Å². The van der Waals surface area contributed by atoms with Crippen LogP contribution >= 0.6 is 0 Å². The van der Waals surface area contributed by atoms with Gasteiger partial charge in [-0.2, -0.15) is 0 Å². The minimum absolute atomic E-state index is 0.0625. The van der Waals surface area contributed by atoms with Crippen LogP contribution in [-0.2, 0) is 11.2 Å². The Kier molecular flexibility index (Phi) is 7.56. The molecule has 2 atom stereocenters. The van der Waals surface area contributed by atoms with Crippen molar-refractivity contribution in [1.29, 1.82) is 0 Å². The molecule has 1 aromatic rings. The maximum Gasteiger partial charge on any atom is 0.240 e. The van der Waals surface area contributed by atoms with Gasteiger partial charge in [0.25, 0.3) is 0 Å². The summed E-state index contributed by atoms with van der Waals surface area (Å²) in [5.74, 6) is 0.830. The SMILES string of the molecule is CCCC(C)(N)C(=O)NC(C)CCc1ccc(OC(C)C)cc1. The van der Waals surface area contributed by atoms with E-state index in [9.17, 15) is 4.79 Å². The van der Waals surface area contributed by atoms with Crippen molar-refractivity contribution in [2.45, 2.75) is 78.0 Å². The highest BCUT2D eigenvalue weighted by atomic mass is 16.5. The van der Waals surface area contributed by atoms with Crippen LogP contribution in [0.25, 0.3) is 0 Å². The fourth-order valence-electron chi connectivity index (χ4n) is 2.48. The molecule has 0 aliphatic carbocycles. The summed E-state index contributed by atoms with van der Waals surface area (Å²) in [6.45, 7) is 9.89. The summed E-state index contributed by atoms with van der Waals surface area (Å²) >= 11 is 0. The van der Waals surface area contributed by atoms with Crippen molar-refractivity contribution in [3.8, 4) is 5.75 Å². The maximum atomic E-state index is 12.2. The Labute approximate surface area is 140 Å². The van der Waals surface area contributed by atoms with E-state index < -0.39 is 5.54 Å². The number of rotatable bonds is 9. The zero-order valence-electron chi connectivity index (χ0n) is 15.2. The molecule has 0 saturated carbocycles. The van der Waals surface area contributed by atoms with E-state index in [1.54, 1.807) is 6.92 Å². The average Bonchev–Trinajstić information content (AvgIpc) is 2.46. The van der Waals surface area contributed by atoms with Crippen LogP contribution in [0.3, 0.4) is 0 Å². The van der Waals surface area contributed by atoms with Crippen LogP contribution in [0, 0.1) is 0 Å². The maximum absolute atomic E-state index is 12.2. The van der Waals surface area contributed by atoms with Crippen LogP contribution in [0.5, 0.6) is 5.75 Å². The predicted octanol–water partition coefficient (Wildman–Crippen LogP) is 3.43. The van der Waals surface area contributed by atoms with Gasteiger partial charge in [-0.3, -0.25) is 4.79 Å². The van der Waals surface area contributed by atoms with Gasteiger partial charge in [-0.15, -0.1) is 0 Å². The van der Waals surface area contributed by atoms with Gasteiger partial charge in [-0.05, 0) is 64.7 Å². The molecule has 4 heteroatoms. The highest BCUT2D eigenvalue weighted by Crippen LogP contribution is 2.15. The van der Waals surface area contributed by atoms with E-state index in [4.69, 9.17) is 10.5 Å². The number of benzene rings is 1. The van der Waals surface area contributed by atoms with Gasteiger partial charge in [0.1, 0.15) is 5.75 Å². The number of ether oxygens (including phenoxy) is 1. The summed E-state index contributed by atoms with van der Waals surface area (Å²) in [5, 5.41) is 3.02. The first-order chi connectivity index (χ1) is 10.7. The van der Waals surface area contributed by atoms with Gasteiger partial charge in [0.05, 0.1) is 11.6 Å². The molecular weight excluding hydrogens is 288 g/mol. The second-order valence-corrected chi connectivity index (χ2v) is 6.89. The Bertz CT molecular complexity index is 481. The lowest BCUT2D eigenvalue weighted by Crippen LogP contribution is -2.53. The van der Waals surface area contributed by atoms with Gasteiger partial charge in [0.15, 0.2) is 0 Å². The van der Waals surface area contributed by atoms with Crippen molar-refractivity contribution in [1.82, 2.24) is 5.32 Å². The Morgan fingerprint density at radius 3 is 2.39 bits per heavy atom. The molecule has 0 aliphatic rings. The normalized spacial score (nSPS) is 15.1. The number of hydrogen-bond donors (Lipinski definition) is 2. The standard InChI is InChI=1S/C19H32N2O2/c1-6-13-19(5,20)18(22)21-15(4)7-8-16-9-11-17(12-10-16)23-14(2)3/h9-12,14-15H,6-8,13,20H2,1-5H3,(H,21,22). The number of nitrogens with two attached hydrogens (primary N) is 1. The van der Waals surface area contributed by atoms with E-state index >= 15 is 0 Å². The lowest BCUT2D eigenvalue weighted by molar-refractivity contribution is -0.126. The third-order valence-electron chi connectivity index (χ3n) is 3.83. The monoisotopic (exact) mass is 320 g/mol. The topological polar surface area (TPSA) is 64.4 Å². The first-order valence-corrected chi connectivity index (χ1v) is 8.60. The number of carbonyl (C=O) groups is 1. The summed E-state index contributed by atoms with van der Waals surface area (Å²) in [7, 11) is 0. The van der Waals surface area contributed by atoms with Crippen LogP contribution < -0.4 is 15.8 Å². The molecule has 0 spiro atoms. The number of nitrogens with one attached hydrogen (secondary N) is 1. The van der Waals surface area contributed by atoms with Gasteiger partial charge < -0.3 is 15.8 Å². The van der Waals surface area contributed by atoms with Gasteiger partial charge in [-0.25, -0.2) is 0 Å². The molecule has 0 fully saturated rings. The molecule has 1 aromatic carbocycles. The van der Waals surface area contributed by atoms with Crippen LogP contribution in [-0.4, -0.2) is 23.6 Å². The number of carbonyl (C=O) groups excluding carboxylic acids is 1. The molecule has 0 aliphatic heterocycles. The summed E-state index contributed by atoms with van der Waals surface area (Å²) in [5.41, 5.74) is 6.52. The molecule has 4 nitrogen and oxygen atoms in total. The second kappa shape index (κ2) is 8.92. The van der Waals surface area contributed by atoms with Crippen molar-refractivity contribution < 1.29 is 9.53 Å². The minimum atomic E-state index is -0.779. The van der Waals surface area contributed by atoms with Crippen LogP contribution in [0.2, 0.25) is 0 Å². The molecule has 130 valence electrons. The van der Waals surface area contributed by atoms with Gasteiger partial charge in [0.2, 0.25) is 5.91 Å². The largest absolute Gasteiger partial charge is 0.491 e. The molecule has 1 rings (SSSR count). The molecular formula is C19H32N2O2. The van der Waals surface area contributed by atoms with Crippen molar-refractivity contribution in [3.63, 3.8) is 0 Å². The Morgan fingerprint density at radius 1 is 1.26 bits per heavy atom. The molecule has 3 N–H and O–H groups in total. The van der Waals surface area contributed by atoms with Gasteiger partial charge >= 0.3 is 0 Å². The summed E-state index contributed by atoms with van der Waals surface area (Å²) in [4.78, 5) is 12.2. The zero-order valence-corrected chi connectivity index (χ0v) is 15.2. The molecule has 0 saturated heterocycles. The van der Waals surface area contributed by atoms with E-state index in [-0.39, 0.29) is 18.1 Å². The Balaban J connectivity index is 2.44. The summed E-state index contributed by atoms with van der Waals surface area (Å²) < 4.78 is 5.64. The number of hydrogen-bond acceptors (Lipinski definition) is 3. The quantitative estimate of drug-likeness (QED) is 0.732. The Hall–Kier alpha value is -1.55. The molecule has 0 bridgehead atoms. The summed E-state index contributed by atoms with van der Waals surface area (Å²) in [6.07, 6.45) is 3.59. The molecule has 0 radical (unpaired) electrons. The molecule has 2 unspecified atom stereocenters. The van der Waals surface area contributed by atoms with E-state index in [2.05, 4.69) is 17.4 Å². The van der Waals surface area contributed by atoms with Crippen molar-refractivity contribution in [2.75, 3.05) is 0 Å². The highest BCUT2D eigenvalue weighted by molar-refractivity contribution is 5.85. The van der Waals surface area contributed by atoms with E-state index in [0.717, 1.165) is 25.0 Å². The lowest BCUT2D eigenvalue weighted by Gasteiger charge is -2.25. The molecule has 1 amide bonds. The number of aryl methyl sites for hydroxylation is 1. The second-order valence-electron chi connectivity index (χ2n) is 6.89. The van der Waals surface area contributed by atoms with Gasteiger partial charge in [0, 0.05) is 6.04 Å². The van der Waals surface area contributed by atoms with Crippen LogP contribution in [0.1, 0.15) is 59.4 Å². The van der Waals surface area contributed by atoms with Gasteiger partial charge in [-0.1, -0.05) is 25.5 Å². The smallest absolute Gasteiger partial charge is 0.240 e. The highest BCUT2D eigenvalue weighted by Gasteiger charge is 2.27.